The van der Waals surface area contributed by atoms with E-state index in [9.17, 15) is 5.11 Å². The van der Waals surface area contributed by atoms with E-state index in [0.29, 0.717) is 17.8 Å². The molecule has 1 spiro atoms. The number of rotatable bonds is 1. The largest absolute Gasteiger partial charge is 0.390 e. The van der Waals surface area contributed by atoms with Crippen LogP contribution < -0.4 is 0 Å². The molecule has 0 aromatic rings. The van der Waals surface area contributed by atoms with Gasteiger partial charge in [-0.25, -0.2) is 0 Å². The van der Waals surface area contributed by atoms with Crippen LogP contribution >= 0.6 is 0 Å². The van der Waals surface area contributed by atoms with Crippen LogP contribution in [0.15, 0.2) is 12.2 Å². The second-order valence-corrected chi connectivity index (χ2v) is 6.78. The first-order valence-corrected chi connectivity index (χ1v) is 6.94. The molecule has 6 atom stereocenters. The van der Waals surface area contributed by atoms with Crippen molar-refractivity contribution in [1.82, 2.24) is 0 Å². The molecule has 0 aromatic carbocycles. The Hall–Kier alpha value is -0.340. The number of hydrogen-bond acceptors (Lipinski definition) is 2. The van der Waals surface area contributed by atoms with E-state index >= 15 is 0 Å². The average Bonchev–Trinajstić information content (AvgIpc) is 2.79. The van der Waals surface area contributed by atoms with Gasteiger partial charge in [0.1, 0.15) is 5.60 Å². The van der Waals surface area contributed by atoms with E-state index < -0.39 is 0 Å². The van der Waals surface area contributed by atoms with Crippen LogP contribution in [0.5, 0.6) is 0 Å². The highest BCUT2D eigenvalue weighted by atomic mass is 16.6. The Kier molecular flexibility index (Phi) is 2.32. The minimum absolute atomic E-state index is 0.0634. The fourth-order valence-corrected chi connectivity index (χ4v) is 4.57. The number of ether oxygens (including phenoxy) is 1. The molecule has 1 aliphatic heterocycles. The summed E-state index contributed by atoms with van der Waals surface area (Å²) in [7, 11) is 0. The molecule has 96 valence electrons. The van der Waals surface area contributed by atoms with Gasteiger partial charge in [0.2, 0.25) is 0 Å². The third-order valence-corrected chi connectivity index (χ3v) is 5.71. The summed E-state index contributed by atoms with van der Waals surface area (Å²) >= 11 is 0. The summed E-state index contributed by atoms with van der Waals surface area (Å²) in [5.41, 5.74) is 1.03. The molecule has 17 heavy (non-hydrogen) atoms. The molecule has 0 aromatic heterocycles. The molecule has 2 aliphatic carbocycles. The molecule has 2 nitrogen and oxygen atoms in total. The molecule has 1 saturated heterocycles. The van der Waals surface area contributed by atoms with Gasteiger partial charge in [-0.1, -0.05) is 19.1 Å². The number of aliphatic hydroxyl groups excluding tert-OH is 1. The fourth-order valence-electron chi connectivity index (χ4n) is 4.57. The molecule has 0 unspecified atom stereocenters. The van der Waals surface area contributed by atoms with Crippen LogP contribution in [0.3, 0.4) is 0 Å². The maximum Gasteiger partial charge on any atom is 0.126 e. The van der Waals surface area contributed by atoms with Crippen molar-refractivity contribution >= 4 is 0 Å². The predicted octanol–water partition coefficient (Wildman–Crippen LogP) is 2.91. The standard InChI is InChI=1S/C15H24O2/c1-9(2)11-5-6-14(4)15(17-14)12(8-11)10(3)7-13(15)16/h10-13,16H,1,5-8H2,2-4H3/t10-,11+,12-,13-,14+,15+/m0/s1. The van der Waals surface area contributed by atoms with Crippen molar-refractivity contribution in [2.75, 3.05) is 0 Å². The third kappa shape index (κ3) is 1.34. The third-order valence-electron chi connectivity index (χ3n) is 5.71. The van der Waals surface area contributed by atoms with Gasteiger partial charge >= 0.3 is 0 Å². The lowest BCUT2D eigenvalue weighted by atomic mass is 9.79. The van der Waals surface area contributed by atoms with Crippen LogP contribution in [-0.2, 0) is 4.74 Å². The maximum atomic E-state index is 10.4. The van der Waals surface area contributed by atoms with Crippen LogP contribution in [0.2, 0.25) is 0 Å². The molecular formula is C15H24O2. The Balaban J connectivity index is 1.93. The van der Waals surface area contributed by atoms with Crippen molar-refractivity contribution in [2.45, 2.75) is 63.8 Å². The zero-order chi connectivity index (χ0) is 12.4. The molecule has 0 bridgehead atoms. The molecule has 1 heterocycles. The van der Waals surface area contributed by atoms with Gasteiger partial charge in [0.15, 0.2) is 0 Å². The van der Waals surface area contributed by atoms with Gasteiger partial charge in [0.05, 0.1) is 11.7 Å². The van der Waals surface area contributed by atoms with Crippen molar-refractivity contribution in [3.05, 3.63) is 12.2 Å². The molecule has 0 radical (unpaired) electrons. The zero-order valence-corrected chi connectivity index (χ0v) is 11.2. The SMILES string of the molecule is C=C(C)[C@@H]1CC[C@@]2(C)O[C@]23[C@@H](O)C[C@H](C)[C@@H]3C1. The first-order valence-electron chi connectivity index (χ1n) is 6.94. The second-order valence-electron chi connectivity index (χ2n) is 6.78. The van der Waals surface area contributed by atoms with E-state index in [2.05, 4.69) is 27.4 Å². The van der Waals surface area contributed by atoms with E-state index in [4.69, 9.17) is 4.74 Å². The normalized spacial score (nSPS) is 56.9. The van der Waals surface area contributed by atoms with Gasteiger partial charge in [-0.2, -0.15) is 0 Å². The summed E-state index contributed by atoms with van der Waals surface area (Å²) in [5, 5.41) is 10.4. The van der Waals surface area contributed by atoms with Gasteiger partial charge in [-0.05, 0) is 57.3 Å². The summed E-state index contributed by atoms with van der Waals surface area (Å²) in [6, 6.07) is 0. The second kappa shape index (κ2) is 3.36. The fraction of sp³-hybridized carbons (Fsp3) is 0.867. The van der Waals surface area contributed by atoms with Gasteiger partial charge in [-0.3, -0.25) is 0 Å². The van der Waals surface area contributed by atoms with E-state index in [0.717, 1.165) is 19.3 Å². The van der Waals surface area contributed by atoms with Crippen LogP contribution in [0.1, 0.15) is 46.5 Å². The van der Waals surface area contributed by atoms with Crippen molar-refractivity contribution in [3.63, 3.8) is 0 Å². The summed E-state index contributed by atoms with van der Waals surface area (Å²) in [4.78, 5) is 0. The van der Waals surface area contributed by atoms with Crippen LogP contribution in [-0.4, -0.2) is 22.4 Å². The first kappa shape index (κ1) is 11.7. The zero-order valence-electron chi connectivity index (χ0n) is 11.2. The van der Waals surface area contributed by atoms with Crippen molar-refractivity contribution in [2.24, 2.45) is 17.8 Å². The summed E-state index contributed by atoms with van der Waals surface area (Å²) in [6.45, 7) is 10.7. The average molecular weight is 236 g/mol. The van der Waals surface area contributed by atoms with Gasteiger partial charge in [0, 0.05) is 0 Å². The van der Waals surface area contributed by atoms with E-state index in [-0.39, 0.29) is 17.3 Å². The van der Waals surface area contributed by atoms with E-state index in [1.54, 1.807) is 0 Å². The Bertz CT molecular complexity index is 364. The number of epoxide rings is 1. The molecule has 2 saturated carbocycles. The molecule has 3 fully saturated rings. The van der Waals surface area contributed by atoms with Gasteiger partial charge in [-0.15, -0.1) is 0 Å². The Labute approximate surface area is 104 Å². The summed E-state index contributed by atoms with van der Waals surface area (Å²) in [5.74, 6) is 1.72. The molecular weight excluding hydrogens is 212 g/mol. The minimum Gasteiger partial charge on any atom is -0.390 e. The lowest BCUT2D eigenvalue weighted by Crippen LogP contribution is -2.36. The maximum absolute atomic E-state index is 10.4. The summed E-state index contributed by atoms with van der Waals surface area (Å²) in [6.07, 6.45) is 4.05. The molecule has 3 rings (SSSR count). The number of aliphatic hydroxyl groups is 1. The van der Waals surface area contributed by atoms with Crippen LogP contribution in [0.4, 0.5) is 0 Å². The monoisotopic (exact) mass is 236 g/mol. The number of allylic oxidation sites excluding steroid dienone is 1. The summed E-state index contributed by atoms with van der Waals surface area (Å²) < 4.78 is 6.09. The molecule has 3 aliphatic rings. The lowest BCUT2D eigenvalue weighted by molar-refractivity contribution is 0.0743. The molecule has 0 amide bonds. The highest BCUT2D eigenvalue weighted by Crippen LogP contribution is 2.67. The lowest BCUT2D eigenvalue weighted by Gasteiger charge is -2.24. The number of hydrogen-bond donors (Lipinski definition) is 1. The van der Waals surface area contributed by atoms with Crippen LogP contribution in [0.25, 0.3) is 0 Å². The smallest absolute Gasteiger partial charge is 0.126 e. The Morgan fingerprint density at radius 3 is 2.76 bits per heavy atom. The molecule has 2 heteroatoms. The highest BCUT2D eigenvalue weighted by molar-refractivity contribution is 5.26. The van der Waals surface area contributed by atoms with Crippen molar-refractivity contribution in [1.29, 1.82) is 0 Å². The first-order chi connectivity index (χ1) is 7.91. The van der Waals surface area contributed by atoms with Gasteiger partial charge in [0.25, 0.3) is 0 Å². The quantitative estimate of drug-likeness (QED) is 0.561. The Morgan fingerprint density at radius 1 is 1.41 bits per heavy atom. The van der Waals surface area contributed by atoms with Crippen molar-refractivity contribution in [3.8, 4) is 0 Å². The topological polar surface area (TPSA) is 32.8 Å². The van der Waals surface area contributed by atoms with E-state index in [1.807, 2.05) is 0 Å². The highest BCUT2D eigenvalue weighted by Gasteiger charge is 2.77. The Morgan fingerprint density at radius 2 is 2.12 bits per heavy atom. The van der Waals surface area contributed by atoms with E-state index in [1.165, 1.54) is 12.0 Å². The van der Waals surface area contributed by atoms with Crippen LogP contribution in [0, 0.1) is 17.8 Å². The predicted molar refractivity (Wildman–Crippen MR) is 67.7 cm³/mol. The van der Waals surface area contributed by atoms with Crippen molar-refractivity contribution < 1.29 is 9.84 Å². The van der Waals surface area contributed by atoms with Gasteiger partial charge < -0.3 is 9.84 Å². The molecule has 1 N–H and O–H groups in total. The minimum atomic E-state index is -0.253.